The molecule has 0 unspecified atom stereocenters. The van der Waals surface area contributed by atoms with Crippen LogP contribution >= 0.6 is 11.6 Å². The number of hydrogen-bond acceptors (Lipinski definition) is 1. The Morgan fingerprint density at radius 3 is 2.62 bits per heavy atom. The number of halogens is 1. The summed E-state index contributed by atoms with van der Waals surface area (Å²) in [6, 6.07) is 7.58. The molecule has 4 heteroatoms. The minimum absolute atomic E-state index is 0.675. The van der Waals surface area contributed by atoms with Crippen LogP contribution in [0.5, 0.6) is 0 Å². The van der Waals surface area contributed by atoms with Crippen LogP contribution in [0.25, 0.3) is 0 Å². The molecule has 0 saturated carbocycles. The molecule has 0 aliphatic rings. The average molecular weight is 258 g/mol. The lowest BCUT2D eigenvalue weighted by molar-refractivity contribution is 0.684. The molecule has 0 aliphatic carbocycles. The summed E-state index contributed by atoms with van der Waals surface area (Å²) in [5, 5.41) is 0. The monoisotopic (exact) mass is 257 g/mol. The van der Waals surface area contributed by atoms with Gasteiger partial charge in [0.25, 0.3) is 0 Å². The van der Waals surface area contributed by atoms with Crippen molar-refractivity contribution in [3.05, 3.63) is 29.8 Å². The van der Waals surface area contributed by atoms with Crippen molar-refractivity contribution in [2.45, 2.75) is 31.1 Å². The fraction of sp³-hybridized carbons (Fsp3) is 0.417. The van der Waals surface area contributed by atoms with Gasteiger partial charge >= 0.3 is 0 Å². The van der Waals surface area contributed by atoms with E-state index in [-0.39, 0.29) is 0 Å². The van der Waals surface area contributed by atoms with Gasteiger partial charge in [0, 0.05) is 12.1 Å². The van der Waals surface area contributed by atoms with Crippen molar-refractivity contribution in [3.8, 4) is 0 Å². The van der Waals surface area contributed by atoms with Gasteiger partial charge in [-0.1, -0.05) is 17.7 Å². The highest BCUT2D eigenvalue weighted by atomic mass is 35.5. The summed E-state index contributed by atoms with van der Waals surface area (Å²) in [7, 11) is -1.26. The third-order valence-corrected chi connectivity index (χ3v) is 3.39. The molecule has 88 valence electrons. The fourth-order valence-electron chi connectivity index (χ4n) is 1.17. The first-order chi connectivity index (χ1) is 7.74. The number of unbranched alkanes of at least 4 members (excludes halogenated alkanes) is 2. The zero-order valence-corrected chi connectivity index (χ0v) is 10.9. The summed E-state index contributed by atoms with van der Waals surface area (Å²) in [5.74, 6) is 0.675. The second kappa shape index (κ2) is 7.58. The number of aryl methyl sites for hydroxylation is 1. The third-order valence-electron chi connectivity index (χ3n) is 2.11. The van der Waals surface area contributed by atoms with Crippen LogP contribution in [-0.2, 0) is 11.0 Å². The van der Waals surface area contributed by atoms with E-state index in [1.807, 2.05) is 31.2 Å². The molecule has 0 amide bonds. The molecule has 1 aromatic carbocycles. The zero-order valence-electron chi connectivity index (χ0n) is 9.36. The molecule has 16 heavy (non-hydrogen) atoms. The van der Waals surface area contributed by atoms with Crippen LogP contribution in [0.4, 0.5) is 0 Å². The molecule has 0 aromatic heterocycles. The van der Waals surface area contributed by atoms with E-state index in [2.05, 4.69) is 4.40 Å². The van der Waals surface area contributed by atoms with E-state index < -0.39 is 11.0 Å². The van der Waals surface area contributed by atoms with Crippen molar-refractivity contribution in [3.63, 3.8) is 0 Å². The van der Waals surface area contributed by atoms with Crippen LogP contribution in [0.2, 0.25) is 0 Å². The Morgan fingerprint density at radius 1 is 1.31 bits per heavy atom. The Balaban J connectivity index is 2.43. The summed E-state index contributed by atoms with van der Waals surface area (Å²) >= 11 is 5.55. The maximum atomic E-state index is 11.7. The van der Waals surface area contributed by atoms with Gasteiger partial charge in [0.15, 0.2) is 11.0 Å². The quantitative estimate of drug-likeness (QED) is 0.436. The largest absolute Gasteiger partial charge is 0.230 e. The van der Waals surface area contributed by atoms with Gasteiger partial charge in [0.1, 0.15) is 0 Å². The van der Waals surface area contributed by atoms with Crippen LogP contribution in [0, 0.1) is 6.92 Å². The Labute approximate surface area is 104 Å². The molecule has 2 nitrogen and oxygen atoms in total. The molecule has 0 heterocycles. The van der Waals surface area contributed by atoms with Gasteiger partial charge in [-0.15, -0.1) is 11.6 Å². The van der Waals surface area contributed by atoms with Crippen LogP contribution in [0.1, 0.15) is 24.8 Å². The molecule has 1 aromatic rings. The number of rotatable bonds is 6. The van der Waals surface area contributed by atoms with Gasteiger partial charge in [-0.05, 0) is 38.3 Å². The molecule has 0 N–H and O–H groups in total. The zero-order chi connectivity index (χ0) is 11.8. The van der Waals surface area contributed by atoms with Crippen LogP contribution < -0.4 is 0 Å². The van der Waals surface area contributed by atoms with E-state index in [0.29, 0.717) is 5.88 Å². The van der Waals surface area contributed by atoms with E-state index in [0.717, 1.165) is 29.7 Å². The summed E-state index contributed by atoms with van der Waals surface area (Å²) in [6.07, 6.45) is 4.54. The van der Waals surface area contributed by atoms with Gasteiger partial charge in [0.2, 0.25) is 0 Å². The lowest BCUT2D eigenvalue weighted by Gasteiger charge is -1.96. The molecular weight excluding hydrogens is 242 g/mol. The first-order valence-corrected chi connectivity index (χ1v) is 6.95. The number of benzene rings is 1. The van der Waals surface area contributed by atoms with E-state index in [1.54, 1.807) is 6.21 Å². The van der Waals surface area contributed by atoms with Gasteiger partial charge in [0.05, 0.1) is 4.90 Å². The van der Waals surface area contributed by atoms with Crippen molar-refractivity contribution in [1.82, 2.24) is 0 Å². The maximum absolute atomic E-state index is 11.7. The van der Waals surface area contributed by atoms with Gasteiger partial charge in [-0.25, -0.2) is 4.21 Å². The number of nitrogens with zero attached hydrogens (tertiary/aromatic N) is 1. The minimum atomic E-state index is -1.26. The topological polar surface area (TPSA) is 29.4 Å². The Kier molecular flexibility index (Phi) is 6.34. The SMILES string of the molecule is Cc1ccc([S@](=O)/N=C/CCCCCl)cc1. The number of hydrogen-bond donors (Lipinski definition) is 0. The summed E-state index contributed by atoms with van der Waals surface area (Å²) < 4.78 is 15.7. The molecule has 0 fully saturated rings. The molecule has 0 radical (unpaired) electrons. The first-order valence-electron chi connectivity index (χ1n) is 5.31. The highest BCUT2D eigenvalue weighted by Gasteiger charge is 1.99. The van der Waals surface area contributed by atoms with Gasteiger partial charge in [-0.2, -0.15) is 4.40 Å². The van der Waals surface area contributed by atoms with E-state index in [9.17, 15) is 4.21 Å². The van der Waals surface area contributed by atoms with Crippen molar-refractivity contribution in [2.24, 2.45) is 4.40 Å². The minimum Gasteiger partial charge on any atom is -0.230 e. The predicted octanol–water partition coefficient (Wildman–Crippen LogP) is 3.50. The second-order valence-electron chi connectivity index (χ2n) is 3.53. The van der Waals surface area contributed by atoms with E-state index >= 15 is 0 Å². The molecular formula is C12H16ClNOS. The van der Waals surface area contributed by atoms with Crippen LogP contribution in [-0.4, -0.2) is 16.3 Å². The normalized spacial score (nSPS) is 13.1. The standard InChI is InChI=1S/C12H16ClNOS/c1-11-5-7-12(8-6-11)16(15)14-10-4-2-3-9-13/h5-8,10H,2-4,9H2,1H3/b14-10+/t16-/m0/s1. The van der Waals surface area contributed by atoms with E-state index in [1.165, 1.54) is 0 Å². The Hall–Kier alpha value is -0.670. The molecule has 0 saturated heterocycles. The average Bonchev–Trinajstić information content (AvgIpc) is 2.29. The second-order valence-corrected chi connectivity index (χ2v) is 5.09. The lowest BCUT2D eigenvalue weighted by Crippen LogP contribution is -1.88. The molecule has 0 spiro atoms. The van der Waals surface area contributed by atoms with Crippen molar-refractivity contribution in [1.29, 1.82) is 0 Å². The summed E-state index contributed by atoms with van der Waals surface area (Å²) in [6.45, 7) is 2.00. The van der Waals surface area contributed by atoms with Crippen molar-refractivity contribution < 1.29 is 4.21 Å². The van der Waals surface area contributed by atoms with Gasteiger partial charge in [-0.3, -0.25) is 0 Å². The van der Waals surface area contributed by atoms with E-state index in [4.69, 9.17) is 11.6 Å². The summed E-state index contributed by atoms with van der Waals surface area (Å²) in [4.78, 5) is 0.749. The highest BCUT2D eigenvalue weighted by molar-refractivity contribution is 7.83. The first kappa shape index (κ1) is 13.4. The summed E-state index contributed by atoms with van der Waals surface area (Å²) in [5.41, 5.74) is 1.16. The molecule has 1 atom stereocenters. The predicted molar refractivity (Wildman–Crippen MR) is 70.7 cm³/mol. The molecule has 1 rings (SSSR count). The highest BCUT2D eigenvalue weighted by Crippen LogP contribution is 2.09. The molecule has 0 bridgehead atoms. The van der Waals surface area contributed by atoms with Crippen molar-refractivity contribution in [2.75, 3.05) is 5.88 Å². The Bertz CT molecular complexity index is 362. The Morgan fingerprint density at radius 2 is 2.00 bits per heavy atom. The lowest BCUT2D eigenvalue weighted by atomic mass is 10.2. The number of alkyl halides is 1. The van der Waals surface area contributed by atoms with Crippen LogP contribution in [0.15, 0.2) is 33.6 Å². The van der Waals surface area contributed by atoms with Gasteiger partial charge < -0.3 is 0 Å². The van der Waals surface area contributed by atoms with Crippen LogP contribution in [0.3, 0.4) is 0 Å². The van der Waals surface area contributed by atoms with Crippen molar-refractivity contribution >= 4 is 28.8 Å². The fourth-order valence-corrected chi connectivity index (χ4v) is 2.09. The maximum Gasteiger partial charge on any atom is 0.172 e. The smallest absolute Gasteiger partial charge is 0.172 e. The molecule has 0 aliphatic heterocycles. The third kappa shape index (κ3) is 4.90.